The minimum Gasteiger partial charge on any atom is -0.465 e. The average Bonchev–Trinajstić information content (AvgIpc) is 3.31. The smallest absolute Gasteiger partial charge is 0.341 e. The number of methoxy groups -OCH3 is 2. The van der Waals surface area contributed by atoms with Gasteiger partial charge in [0.15, 0.2) is 0 Å². The Morgan fingerprint density at radius 1 is 1.31 bits per heavy atom. The Hall–Kier alpha value is -2.48. The second-order valence-corrected chi connectivity index (χ2v) is 7.25. The van der Waals surface area contributed by atoms with Gasteiger partial charge in [-0.25, -0.2) is 14.8 Å². The fourth-order valence-electron chi connectivity index (χ4n) is 3.43. The van der Waals surface area contributed by atoms with Crippen LogP contribution in [0.15, 0.2) is 12.4 Å². The van der Waals surface area contributed by atoms with E-state index in [1.165, 1.54) is 20.0 Å². The van der Waals surface area contributed by atoms with Crippen LogP contribution < -0.4 is 4.90 Å². The lowest BCUT2D eigenvalue weighted by molar-refractivity contribution is 0.0595. The van der Waals surface area contributed by atoms with Crippen molar-refractivity contribution in [2.24, 2.45) is 5.41 Å². The van der Waals surface area contributed by atoms with E-state index in [0.717, 1.165) is 30.3 Å². The highest BCUT2D eigenvalue weighted by Crippen LogP contribution is 2.53. The zero-order valence-corrected chi connectivity index (χ0v) is 15.4. The van der Waals surface area contributed by atoms with Crippen LogP contribution in [0, 0.1) is 12.3 Å². The summed E-state index contributed by atoms with van der Waals surface area (Å²) in [6, 6.07) is 0. The summed E-state index contributed by atoms with van der Waals surface area (Å²) in [5.41, 5.74) is 3.45. The number of rotatable bonds is 6. The normalized spacial score (nSPS) is 17.3. The Balaban J connectivity index is 1.50. The molecule has 8 heteroatoms. The maximum absolute atomic E-state index is 11.9. The second-order valence-electron chi connectivity index (χ2n) is 7.25. The first kappa shape index (κ1) is 17.0. The van der Waals surface area contributed by atoms with Crippen LogP contribution >= 0.6 is 0 Å². The molecule has 0 aromatic carbocycles. The average molecular weight is 357 g/mol. The van der Waals surface area contributed by atoms with Crippen molar-refractivity contribution < 1.29 is 14.3 Å². The van der Waals surface area contributed by atoms with Crippen molar-refractivity contribution in [1.82, 2.24) is 19.7 Å². The Bertz CT molecular complexity index is 835. The van der Waals surface area contributed by atoms with Gasteiger partial charge in [-0.15, -0.1) is 0 Å². The largest absolute Gasteiger partial charge is 0.465 e. The van der Waals surface area contributed by atoms with E-state index in [-0.39, 0.29) is 6.61 Å². The van der Waals surface area contributed by atoms with Crippen molar-refractivity contribution in [3.05, 3.63) is 34.9 Å². The van der Waals surface area contributed by atoms with E-state index >= 15 is 0 Å². The molecular weight excluding hydrogens is 334 g/mol. The van der Waals surface area contributed by atoms with Crippen LogP contribution in [0.25, 0.3) is 0 Å². The molecule has 1 aliphatic carbocycles. The highest BCUT2D eigenvalue weighted by Gasteiger charge is 2.53. The number of anilines is 1. The van der Waals surface area contributed by atoms with Gasteiger partial charge in [0.25, 0.3) is 0 Å². The number of carbonyl (C=O) groups is 1. The number of carbonyl (C=O) groups excluding carboxylic acids is 1. The summed E-state index contributed by atoms with van der Waals surface area (Å²) in [4.78, 5) is 23.3. The van der Waals surface area contributed by atoms with Crippen molar-refractivity contribution in [2.45, 2.75) is 32.9 Å². The van der Waals surface area contributed by atoms with Crippen LogP contribution in [0.4, 0.5) is 5.95 Å². The molecule has 4 rings (SSSR count). The first-order chi connectivity index (χ1) is 12.5. The van der Waals surface area contributed by atoms with E-state index in [0.29, 0.717) is 23.2 Å². The topological polar surface area (TPSA) is 82.4 Å². The maximum atomic E-state index is 11.9. The van der Waals surface area contributed by atoms with Gasteiger partial charge in [-0.1, -0.05) is 0 Å². The third-order valence-electron chi connectivity index (χ3n) is 5.22. The Labute approximate surface area is 152 Å². The fraction of sp³-hybridized carbons (Fsp3) is 0.556. The number of aromatic nitrogens is 4. The summed E-state index contributed by atoms with van der Waals surface area (Å²) < 4.78 is 11.6. The highest BCUT2D eigenvalue weighted by molar-refractivity contribution is 5.90. The molecular formula is C18H23N5O3. The molecule has 1 aliphatic heterocycles. The van der Waals surface area contributed by atoms with E-state index in [2.05, 4.69) is 20.0 Å². The lowest BCUT2D eigenvalue weighted by atomic mass is 9.98. The minimum atomic E-state index is -0.418. The molecule has 2 aromatic heterocycles. The van der Waals surface area contributed by atoms with Crippen LogP contribution in [-0.2, 0) is 22.6 Å². The van der Waals surface area contributed by atoms with Crippen molar-refractivity contribution in [2.75, 3.05) is 32.2 Å². The Morgan fingerprint density at radius 2 is 2.08 bits per heavy atom. The summed E-state index contributed by atoms with van der Waals surface area (Å²) >= 11 is 0. The van der Waals surface area contributed by atoms with Crippen LogP contribution in [0.3, 0.4) is 0 Å². The number of aryl methyl sites for hydroxylation is 1. The van der Waals surface area contributed by atoms with Gasteiger partial charge < -0.3 is 14.4 Å². The van der Waals surface area contributed by atoms with Crippen LogP contribution in [0.2, 0.25) is 0 Å². The van der Waals surface area contributed by atoms with Gasteiger partial charge in [0.05, 0.1) is 20.3 Å². The summed E-state index contributed by atoms with van der Waals surface area (Å²) in [7, 11) is 2.92. The first-order valence-corrected chi connectivity index (χ1v) is 8.75. The summed E-state index contributed by atoms with van der Waals surface area (Å²) in [5, 5.41) is 4.44. The fourth-order valence-corrected chi connectivity index (χ4v) is 3.43. The SMILES string of the molecule is COCc1nn(Cc2cnc(N3CC4(CC4)C3)nc2C)cc1C(=O)OC. The number of hydrogen-bond donors (Lipinski definition) is 0. The number of ether oxygens (including phenoxy) is 2. The molecule has 0 atom stereocenters. The summed E-state index contributed by atoms with van der Waals surface area (Å²) in [6.07, 6.45) is 6.21. The summed E-state index contributed by atoms with van der Waals surface area (Å²) in [6.45, 7) is 4.88. The molecule has 1 spiro atoms. The molecule has 2 aromatic rings. The van der Waals surface area contributed by atoms with Gasteiger partial charge in [0.1, 0.15) is 11.3 Å². The van der Waals surface area contributed by atoms with E-state index in [1.807, 2.05) is 13.1 Å². The lowest BCUT2D eigenvalue weighted by Crippen LogP contribution is -2.49. The molecule has 2 fully saturated rings. The van der Waals surface area contributed by atoms with E-state index in [4.69, 9.17) is 9.47 Å². The lowest BCUT2D eigenvalue weighted by Gasteiger charge is -2.40. The molecule has 2 aliphatic rings. The monoisotopic (exact) mass is 357 g/mol. The first-order valence-electron chi connectivity index (χ1n) is 8.75. The molecule has 1 saturated carbocycles. The predicted octanol–water partition coefficient (Wildman–Crippen LogP) is 1.56. The van der Waals surface area contributed by atoms with Crippen molar-refractivity contribution >= 4 is 11.9 Å². The molecule has 3 heterocycles. The van der Waals surface area contributed by atoms with Gasteiger partial charge in [-0.05, 0) is 19.8 Å². The van der Waals surface area contributed by atoms with Gasteiger partial charge in [0, 0.05) is 49.3 Å². The van der Waals surface area contributed by atoms with Gasteiger partial charge in [-0.3, -0.25) is 4.68 Å². The molecule has 0 radical (unpaired) electrons. The van der Waals surface area contributed by atoms with E-state index < -0.39 is 5.97 Å². The summed E-state index contributed by atoms with van der Waals surface area (Å²) in [5.74, 6) is 0.387. The Kier molecular flexibility index (Phi) is 4.14. The van der Waals surface area contributed by atoms with Crippen LogP contribution in [0.5, 0.6) is 0 Å². The highest BCUT2D eigenvalue weighted by atomic mass is 16.5. The molecule has 26 heavy (non-hydrogen) atoms. The van der Waals surface area contributed by atoms with Crippen molar-refractivity contribution in [3.8, 4) is 0 Å². The van der Waals surface area contributed by atoms with Gasteiger partial charge in [0.2, 0.25) is 5.95 Å². The molecule has 0 amide bonds. The number of nitrogens with zero attached hydrogens (tertiary/aromatic N) is 5. The minimum absolute atomic E-state index is 0.253. The van der Waals surface area contributed by atoms with Crippen molar-refractivity contribution in [3.63, 3.8) is 0 Å². The molecule has 0 unspecified atom stereocenters. The quantitative estimate of drug-likeness (QED) is 0.726. The molecule has 8 nitrogen and oxygen atoms in total. The maximum Gasteiger partial charge on any atom is 0.341 e. The molecule has 1 saturated heterocycles. The van der Waals surface area contributed by atoms with E-state index in [1.54, 1.807) is 18.0 Å². The number of hydrogen-bond acceptors (Lipinski definition) is 7. The standard InChI is InChI=1S/C18H23N5O3/c1-12-13(6-19-17(20-12)22-10-18(11-22)4-5-18)7-23-8-14(16(24)26-3)15(21-23)9-25-2/h6,8H,4-5,7,9-11H2,1-3H3. The zero-order valence-electron chi connectivity index (χ0n) is 15.4. The van der Waals surface area contributed by atoms with Gasteiger partial charge in [-0.2, -0.15) is 5.10 Å². The van der Waals surface area contributed by atoms with E-state index in [9.17, 15) is 4.79 Å². The molecule has 0 bridgehead atoms. The zero-order chi connectivity index (χ0) is 18.3. The third kappa shape index (κ3) is 3.05. The molecule has 0 N–H and O–H groups in total. The number of esters is 1. The van der Waals surface area contributed by atoms with Crippen LogP contribution in [0.1, 0.15) is 40.2 Å². The van der Waals surface area contributed by atoms with Crippen molar-refractivity contribution in [1.29, 1.82) is 0 Å². The molecule has 138 valence electrons. The predicted molar refractivity (Wildman–Crippen MR) is 94.0 cm³/mol. The Morgan fingerprint density at radius 3 is 2.69 bits per heavy atom. The second kappa shape index (κ2) is 6.35. The third-order valence-corrected chi connectivity index (χ3v) is 5.22. The van der Waals surface area contributed by atoms with Gasteiger partial charge >= 0.3 is 5.97 Å². The van der Waals surface area contributed by atoms with Crippen LogP contribution in [-0.4, -0.2) is 53.0 Å².